The molecule has 0 spiro atoms. The SMILES string of the molecule is CO[C@H]1CNCC1NC(=O)C1=NNC(=O)CC1. The van der Waals surface area contributed by atoms with Crippen LogP contribution < -0.4 is 16.1 Å². The predicted molar refractivity (Wildman–Crippen MR) is 60.4 cm³/mol. The van der Waals surface area contributed by atoms with Gasteiger partial charge < -0.3 is 15.4 Å². The van der Waals surface area contributed by atoms with Crippen LogP contribution >= 0.6 is 0 Å². The lowest BCUT2D eigenvalue weighted by Gasteiger charge is -2.19. The molecule has 1 fully saturated rings. The van der Waals surface area contributed by atoms with E-state index in [2.05, 4.69) is 21.2 Å². The van der Waals surface area contributed by atoms with Crippen LogP contribution in [0.4, 0.5) is 0 Å². The Kier molecular flexibility index (Phi) is 3.70. The van der Waals surface area contributed by atoms with Crippen LogP contribution in [0, 0.1) is 0 Å². The molecule has 0 aromatic rings. The minimum atomic E-state index is -0.235. The summed E-state index contributed by atoms with van der Waals surface area (Å²) in [7, 11) is 1.62. The molecule has 2 rings (SSSR count). The minimum Gasteiger partial charge on any atom is -0.378 e. The van der Waals surface area contributed by atoms with Gasteiger partial charge in [-0.25, -0.2) is 5.43 Å². The van der Waals surface area contributed by atoms with Crippen LogP contribution in [-0.4, -0.2) is 49.9 Å². The van der Waals surface area contributed by atoms with E-state index in [0.717, 1.165) is 6.54 Å². The van der Waals surface area contributed by atoms with Crippen molar-refractivity contribution in [1.82, 2.24) is 16.1 Å². The Morgan fingerprint density at radius 2 is 2.29 bits per heavy atom. The summed E-state index contributed by atoms with van der Waals surface area (Å²) in [4.78, 5) is 22.7. The number of hydrogen-bond donors (Lipinski definition) is 3. The summed E-state index contributed by atoms with van der Waals surface area (Å²) < 4.78 is 5.24. The molecule has 17 heavy (non-hydrogen) atoms. The number of carbonyl (C=O) groups is 2. The second-order valence-electron chi connectivity index (χ2n) is 4.11. The fourth-order valence-corrected chi connectivity index (χ4v) is 1.94. The van der Waals surface area contributed by atoms with Gasteiger partial charge in [0.15, 0.2) is 0 Å². The van der Waals surface area contributed by atoms with E-state index in [1.165, 1.54) is 0 Å². The van der Waals surface area contributed by atoms with E-state index in [1.54, 1.807) is 7.11 Å². The summed E-state index contributed by atoms with van der Waals surface area (Å²) >= 11 is 0. The van der Waals surface area contributed by atoms with Gasteiger partial charge in [0.2, 0.25) is 5.91 Å². The van der Waals surface area contributed by atoms with Crippen molar-refractivity contribution in [3.8, 4) is 0 Å². The predicted octanol–water partition coefficient (Wildman–Crippen LogP) is -1.64. The largest absolute Gasteiger partial charge is 0.378 e. The number of hydrazone groups is 1. The lowest BCUT2D eigenvalue weighted by atomic mass is 10.1. The monoisotopic (exact) mass is 240 g/mol. The standard InChI is InChI=1S/C10H16N4O3/c1-17-8-5-11-4-7(8)12-10(16)6-2-3-9(15)14-13-6/h7-8,11H,2-5H2,1H3,(H,12,16)(H,14,15)/t7?,8-/m0/s1. The number of ether oxygens (including phenoxy) is 1. The average Bonchev–Trinajstić information content (AvgIpc) is 2.77. The quantitative estimate of drug-likeness (QED) is 0.551. The zero-order chi connectivity index (χ0) is 12.3. The number of amides is 2. The second kappa shape index (κ2) is 5.24. The summed E-state index contributed by atoms with van der Waals surface area (Å²) in [6.07, 6.45) is 0.677. The molecular weight excluding hydrogens is 224 g/mol. The molecule has 7 nitrogen and oxygen atoms in total. The van der Waals surface area contributed by atoms with Crippen LogP contribution in [0.5, 0.6) is 0 Å². The first-order valence-corrected chi connectivity index (χ1v) is 5.60. The normalized spacial score (nSPS) is 28.5. The molecule has 2 heterocycles. The van der Waals surface area contributed by atoms with Gasteiger partial charge in [0.25, 0.3) is 5.91 Å². The molecule has 0 aromatic carbocycles. The van der Waals surface area contributed by atoms with Crippen LogP contribution in [0.15, 0.2) is 5.10 Å². The first-order valence-electron chi connectivity index (χ1n) is 5.60. The van der Waals surface area contributed by atoms with Gasteiger partial charge in [-0.05, 0) is 0 Å². The van der Waals surface area contributed by atoms with E-state index in [-0.39, 0.29) is 24.0 Å². The fourth-order valence-electron chi connectivity index (χ4n) is 1.94. The number of nitrogens with zero attached hydrogens (tertiary/aromatic N) is 1. The van der Waals surface area contributed by atoms with Crippen molar-refractivity contribution >= 4 is 17.5 Å². The maximum Gasteiger partial charge on any atom is 0.267 e. The van der Waals surface area contributed by atoms with E-state index < -0.39 is 0 Å². The van der Waals surface area contributed by atoms with Gasteiger partial charge >= 0.3 is 0 Å². The molecule has 0 radical (unpaired) electrons. The lowest BCUT2D eigenvalue weighted by molar-refractivity contribution is -0.121. The third-order valence-corrected chi connectivity index (χ3v) is 2.94. The van der Waals surface area contributed by atoms with Crippen molar-refractivity contribution in [2.24, 2.45) is 5.10 Å². The van der Waals surface area contributed by atoms with E-state index >= 15 is 0 Å². The minimum absolute atomic E-state index is 0.0160. The van der Waals surface area contributed by atoms with Gasteiger partial charge in [0, 0.05) is 33.0 Å². The van der Waals surface area contributed by atoms with Crippen LogP contribution in [0.2, 0.25) is 0 Å². The number of rotatable bonds is 3. The molecule has 2 aliphatic heterocycles. The third kappa shape index (κ3) is 2.80. The maximum atomic E-state index is 11.8. The summed E-state index contributed by atoms with van der Waals surface area (Å²) in [6.45, 7) is 1.41. The van der Waals surface area contributed by atoms with E-state index in [0.29, 0.717) is 25.1 Å². The molecule has 0 aliphatic carbocycles. The molecule has 0 bridgehead atoms. The molecule has 0 aromatic heterocycles. The zero-order valence-electron chi connectivity index (χ0n) is 9.66. The molecule has 3 N–H and O–H groups in total. The third-order valence-electron chi connectivity index (χ3n) is 2.94. The van der Waals surface area contributed by atoms with E-state index in [4.69, 9.17) is 4.74 Å². The Bertz CT molecular complexity index is 355. The Morgan fingerprint density at radius 1 is 1.47 bits per heavy atom. The number of hydrogen-bond acceptors (Lipinski definition) is 5. The number of carbonyl (C=O) groups excluding carboxylic acids is 2. The van der Waals surface area contributed by atoms with Gasteiger partial charge in [-0.2, -0.15) is 5.10 Å². The molecule has 2 atom stereocenters. The Hall–Kier alpha value is -1.47. The van der Waals surface area contributed by atoms with Crippen molar-refractivity contribution in [2.45, 2.75) is 25.0 Å². The van der Waals surface area contributed by atoms with Gasteiger partial charge in [-0.1, -0.05) is 0 Å². The van der Waals surface area contributed by atoms with Crippen molar-refractivity contribution in [3.05, 3.63) is 0 Å². The van der Waals surface area contributed by atoms with Crippen LogP contribution in [0.25, 0.3) is 0 Å². The highest BCUT2D eigenvalue weighted by Crippen LogP contribution is 2.05. The topological polar surface area (TPSA) is 91.8 Å². The van der Waals surface area contributed by atoms with Crippen LogP contribution in [-0.2, 0) is 14.3 Å². The summed E-state index contributed by atoms with van der Waals surface area (Å²) in [5.74, 6) is -0.389. The summed E-state index contributed by atoms with van der Waals surface area (Å²) in [5.41, 5.74) is 2.67. The summed E-state index contributed by atoms with van der Waals surface area (Å²) in [5, 5.41) is 9.74. The molecule has 7 heteroatoms. The lowest BCUT2D eigenvalue weighted by Crippen LogP contribution is -2.47. The van der Waals surface area contributed by atoms with Crippen molar-refractivity contribution in [1.29, 1.82) is 0 Å². The maximum absolute atomic E-state index is 11.8. The van der Waals surface area contributed by atoms with Gasteiger partial charge in [-0.3, -0.25) is 9.59 Å². The smallest absolute Gasteiger partial charge is 0.267 e. The molecule has 2 aliphatic rings. The summed E-state index contributed by atoms with van der Waals surface area (Å²) in [6, 6.07) is -0.0483. The first-order chi connectivity index (χ1) is 8.20. The fraction of sp³-hybridized carbons (Fsp3) is 0.700. The van der Waals surface area contributed by atoms with Crippen molar-refractivity contribution in [2.75, 3.05) is 20.2 Å². The molecule has 1 unspecified atom stereocenters. The van der Waals surface area contributed by atoms with Crippen LogP contribution in [0.3, 0.4) is 0 Å². The Labute approximate surface area is 99.0 Å². The van der Waals surface area contributed by atoms with E-state index in [9.17, 15) is 9.59 Å². The zero-order valence-corrected chi connectivity index (χ0v) is 9.66. The average molecular weight is 240 g/mol. The highest BCUT2D eigenvalue weighted by molar-refractivity contribution is 6.39. The number of nitrogens with one attached hydrogen (secondary N) is 3. The highest BCUT2D eigenvalue weighted by Gasteiger charge is 2.29. The Morgan fingerprint density at radius 3 is 2.94 bits per heavy atom. The van der Waals surface area contributed by atoms with Gasteiger partial charge in [-0.15, -0.1) is 0 Å². The molecular formula is C10H16N4O3. The van der Waals surface area contributed by atoms with E-state index in [1.807, 2.05) is 0 Å². The molecule has 2 amide bonds. The highest BCUT2D eigenvalue weighted by atomic mass is 16.5. The second-order valence-corrected chi connectivity index (χ2v) is 4.11. The first kappa shape index (κ1) is 12.0. The Balaban J connectivity index is 1.90. The van der Waals surface area contributed by atoms with Crippen LogP contribution in [0.1, 0.15) is 12.8 Å². The van der Waals surface area contributed by atoms with Crippen molar-refractivity contribution < 1.29 is 14.3 Å². The number of methoxy groups -OCH3 is 1. The molecule has 94 valence electrons. The van der Waals surface area contributed by atoms with Crippen molar-refractivity contribution in [3.63, 3.8) is 0 Å². The van der Waals surface area contributed by atoms with Gasteiger partial charge in [0.05, 0.1) is 12.1 Å². The van der Waals surface area contributed by atoms with Gasteiger partial charge in [0.1, 0.15) is 5.71 Å². The molecule has 0 saturated carbocycles. The molecule has 1 saturated heterocycles.